The third kappa shape index (κ3) is 5.19. The third-order valence-corrected chi connectivity index (χ3v) is 5.68. The number of aliphatic carboxylic acids is 1. The SMILES string of the molecule is [C-]#[N+][C@@H](CCC)N1C(=O)[C@@H](CC(=O)O)O[C@H](c2cccc(Cl)c2)[C@@H]1c1ccc(Cl)cc1. The van der Waals surface area contributed by atoms with Crippen molar-refractivity contribution in [1.29, 1.82) is 0 Å². The molecule has 1 saturated heterocycles. The highest BCUT2D eigenvalue weighted by atomic mass is 35.5. The van der Waals surface area contributed by atoms with Gasteiger partial charge in [0.05, 0.1) is 12.5 Å². The number of carbonyl (C=O) groups is 2. The topological polar surface area (TPSA) is 71.2 Å². The number of halogens is 2. The van der Waals surface area contributed by atoms with Crippen LogP contribution in [0.4, 0.5) is 0 Å². The molecule has 1 aliphatic rings. The van der Waals surface area contributed by atoms with Crippen molar-refractivity contribution in [2.45, 2.75) is 50.6 Å². The summed E-state index contributed by atoms with van der Waals surface area (Å²) < 4.78 is 6.08. The molecule has 1 aliphatic heterocycles. The maximum absolute atomic E-state index is 13.4. The summed E-state index contributed by atoms with van der Waals surface area (Å²) in [4.78, 5) is 30.0. The Morgan fingerprint density at radius 1 is 1.19 bits per heavy atom. The van der Waals surface area contributed by atoms with Gasteiger partial charge >= 0.3 is 12.1 Å². The molecule has 0 bridgehead atoms. The van der Waals surface area contributed by atoms with Gasteiger partial charge in [0, 0.05) is 16.5 Å². The Balaban J connectivity index is 2.18. The van der Waals surface area contributed by atoms with E-state index in [-0.39, 0.29) is 0 Å². The Labute approximate surface area is 191 Å². The molecule has 1 fully saturated rings. The number of morpholine rings is 1. The van der Waals surface area contributed by atoms with Crippen LogP contribution in [0.1, 0.15) is 49.5 Å². The molecule has 3 rings (SSSR count). The lowest BCUT2D eigenvalue weighted by Crippen LogP contribution is -2.54. The van der Waals surface area contributed by atoms with E-state index in [4.69, 9.17) is 34.5 Å². The fraction of sp³-hybridized carbons (Fsp3) is 0.348. The zero-order valence-electron chi connectivity index (χ0n) is 16.9. The van der Waals surface area contributed by atoms with Gasteiger partial charge in [0.15, 0.2) is 0 Å². The van der Waals surface area contributed by atoms with Gasteiger partial charge in [-0.15, -0.1) is 0 Å². The first-order valence-corrected chi connectivity index (χ1v) is 10.7. The molecule has 0 aliphatic carbocycles. The molecule has 0 unspecified atom stereocenters. The second-order valence-electron chi connectivity index (χ2n) is 7.34. The molecule has 0 radical (unpaired) electrons. The summed E-state index contributed by atoms with van der Waals surface area (Å²) in [7, 11) is 0. The number of benzene rings is 2. The van der Waals surface area contributed by atoms with E-state index in [0.29, 0.717) is 28.5 Å². The van der Waals surface area contributed by atoms with E-state index < -0.39 is 42.7 Å². The standard InChI is InChI=1S/C23H22Cl2N2O4/c1-3-5-19(26-2)27-21(14-8-10-16(24)11-9-14)22(15-6-4-7-17(25)12-15)31-18(23(27)30)13-20(28)29/h4,6-12,18-19,21-22H,3,5,13H2,1H3,(H,28,29)/t18-,19-,21+,22-/m1/s1. The van der Waals surface area contributed by atoms with Crippen LogP contribution in [0.15, 0.2) is 48.5 Å². The van der Waals surface area contributed by atoms with Crippen LogP contribution in [-0.2, 0) is 14.3 Å². The minimum atomic E-state index is -1.20. The number of amides is 1. The van der Waals surface area contributed by atoms with Crippen LogP contribution < -0.4 is 0 Å². The zero-order valence-corrected chi connectivity index (χ0v) is 18.4. The number of hydrogen-bond acceptors (Lipinski definition) is 3. The average Bonchev–Trinajstić information content (AvgIpc) is 2.74. The number of carboxylic acids is 1. The normalized spacial score (nSPS) is 22.1. The predicted molar refractivity (Wildman–Crippen MR) is 118 cm³/mol. The van der Waals surface area contributed by atoms with Crippen LogP contribution in [-0.4, -0.2) is 34.2 Å². The van der Waals surface area contributed by atoms with E-state index in [1.165, 1.54) is 4.90 Å². The van der Waals surface area contributed by atoms with Crippen molar-refractivity contribution in [2.75, 3.05) is 0 Å². The summed E-state index contributed by atoms with van der Waals surface area (Å²) in [5.41, 5.74) is 1.43. The predicted octanol–water partition coefficient (Wildman–Crippen LogP) is 5.52. The lowest BCUT2D eigenvalue weighted by Gasteiger charge is -2.44. The molecule has 1 heterocycles. The number of rotatable bonds is 7. The first-order valence-electron chi connectivity index (χ1n) is 9.92. The lowest BCUT2D eigenvalue weighted by molar-refractivity contribution is -0.182. The Morgan fingerprint density at radius 2 is 1.90 bits per heavy atom. The van der Waals surface area contributed by atoms with Crippen molar-refractivity contribution >= 4 is 35.1 Å². The molecule has 1 N–H and O–H groups in total. The molecule has 0 spiro atoms. The molecule has 31 heavy (non-hydrogen) atoms. The minimum absolute atomic E-state index is 0.460. The van der Waals surface area contributed by atoms with Gasteiger partial charge in [-0.2, -0.15) is 0 Å². The number of ether oxygens (including phenoxy) is 1. The quantitative estimate of drug-likeness (QED) is 0.551. The van der Waals surface area contributed by atoms with Gasteiger partial charge in [-0.25, -0.2) is 6.57 Å². The summed E-state index contributed by atoms with van der Waals surface area (Å²) >= 11 is 12.3. The third-order valence-electron chi connectivity index (χ3n) is 5.19. The number of carbonyl (C=O) groups excluding carboxylic acids is 1. The van der Waals surface area contributed by atoms with Crippen molar-refractivity contribution < 1.29 is 19.4 Å². The second-order valence-corrected chi connectivity index (χ2v) is 8.21. The van der Waals surface area contributed by atoms with Crippen molar-refractivity contribution in [2.24, 2.45) is 0 Å². The van der Waals surface area contributed by atoms with Crippen LogP contribution >= 0.6 is 23.2 Å². The second kappa shape index (κ2) is 10.1. The van der Waals surface area contributed by atoms with E-state index in [9.17, 15) is 14.7 Å². The molecular weight excluding hydrogens is 439 g/mol. The maximum Gasteiger partial charge on any atom is 0.306 e. The van der Waals surface area contributed by atoms with Crippen LogP contribution in [0, 0.1) is 6.57 Å². The van der Waals surface area contributed by atoms with Gasteiger partial charge in [-0.1, -0.05) is 54.4 Å². The molecule has 2 aromatic carbocycles. The number of carboxylic acid groups (broad SMARTS) is 1. The largest absolute Gasteiger partial charge is 0.481 e. The van der Waals surface area contributed by atoms with E-state index in [1.54, 1.807) is 42.5 Å². The molecule has 0 aromatic heterocycles. The van der Waals surface area contributed by atoms with E-state index in [2.05, 4.69) is 4.85 Å². The van der Waals surface area contributed by atoms with Crippen molar-refractivity contribution in [3.63, 3.8) is 0 Å². The maximum atomic E-state index is 13.4. The van der Waals surface area contributed by atoms with Gasteiger partial charge in [0.2, 0.25) is 0 Å². The van der Waals surface area contributed by atoms with E-state index >= 15 is 0 Å². The summed E-state index contributed by atoms with van der Waals surface area (Å²) in [6.45, 7) is 9.65. The van der Waals surface area contributed by atoms with Crippen LogP contribution in [0.5, 0.6) is 0 Å². The average molecular weight is 461 g/mol. The Hall–Kier alpha value is -2.59. The Kier molecular flexibility index (Phi) is 7.55. The smallest absolute Gasteiger partial charge is 0.306 e. The van der Waals surface area contributed by atoms with Gasteiger partial charge in [-0.05, 0) is 41.8 Å². The fourth-order valence-electron chi connectivity index (χ4n) is 3.85. The Morgan fingerprint density at radius 3 is 2.48 bits per heavy atom. The zero-order chi connectivity index (χ0) is 22.5. The summed E-state index contributed by atoms with van der Waals surface area (Å²) in [5.74, 6) is -1.65. The van der Waals surface area contributed by atoms with Gasteiger partial charge in [0.1, 0.15) is 12.2 Å². The molecule has 8 heteroatoms. The first-order chi connectivity index (χ1) is 14.8. The summed E-state index contributed by atoms with van der Waals surface area (Å²) in [6.07, 6.45) is -2.00. The van der Waals surface area contributed by atoms with Gasteiger partial charge < -0.3 is 9.84 Å². The molecule has 1 amide bonds. The Bertz CT molecular complexity index is 990. The van der Waals surface area contributed by atoms with E-state index in [0.717, 1.165) is 5.56 Å². The number of hydrogen-bond donors (Lipinski definition) is 1. The monoisotopic (exact) mass is 460 g/mol. The summed E-state index contributed by atoms with van der Waals surface area (Å²) in [5, 5.41) is 10.4. The van der Waals surface area contributed by atoms with Crippen LogP contribution in [0.3, 0.4) is 0 Å². The van der Waals surface area contributed by atoms with Gasteiger partial charge in [-0.3, -0.25) is 19.3 Å². The number of nitrogens with zero attached hydrogens (tertiary/aromatic N) is 2. The van der Waals surface area contributed by atoms with E-state index in [1.807, 2.05) is 13.0 Å². The summed E-state index contributed by atoms with van der Waals surface area (Å²) in [6, 6.07) is 13.4. The fourth-order valence-corrected chi connectivity index (χ4v) is 4.17. The minimum Gasteiger partial charge on any atom is -0.481 e. The highest BCUT2D eigenvalue weighted by molar-refractivity contribution is 6.30. The highest BCUT2D eigenvalue weighted by Crippen LogP contribution is 2.44. The molecule has 4 atom stereocenters. The molecule has 2 aromatic rings. The van der Waals surface area contributed by atoms with Crippen LogP contribution in [0.2, 0.25) is 10.0 Å². The van der Waals surface area contributed by atoms with Crippen LogP contribution in [0.25, 0.3) is 4.85 Å². The molecular formula is C23H22Cl2N2O4. The van der Waals surface area contributed by atoms with Crippen molar-refractivity contribution in [3.8, 4) is 0 Å². The molecule has 0 saturated carbocycles. The van der Waals surface area contributed by atoms with Crippen molar-refractivity contribution in [1.82, 2.24) is 4.90 Å². The molecule has 162 valence electrons. The van der Waals surface area contributed by atoms with Gasteiger partial charge in [0.25, 0.3) is 5.91 Å². The van der Waals surface area contributed by atoms with Crippen molar-refractivity contribution in [3.05, 3.63) is 81.1 Å². The highest BCUT2D eigenvalue weighted by Gasteiger charge is 2.49. The first kappa shape index (κ1) is 23.1. The molecule has 6 nitrogen and oxygen atoms in total. The lowest BCUT2D eigenvalue weighted by atomic mass is 9.90.